The number of allylic oxidation sites excluding steroid dienone is 2. The first-order chi connectivity index (χ1) is 5.38. The molecule has 2 rings (SSSR count). The van der Waals surface area contributed by atoms with Crippen LogP contribution in [0.5, 0.6) is 0 Å². The molecule has 3 nitrogen and oxygen atoms in total. The Kier molecular flexibility index (Phi) is 1.42. The zero-order valence-corrected chi connectivity index (χ0v) is 6.03. The monoisotopic (exact) mass is 148 g/mol. The van der Waals surface area contributed by atoms with Crippen molar-refractivity contribution in [2.24, 2.45) is 15.9 Å². The van der Waals surface area contributed by atoms with Gasteiger partial charge in [0.05, 0.1) is 18.2 Å². The highest BCUT2D eigenvalue weighted by molar-refractivity contribution is 6.15. The number of Topliss-reactive ketones (excluding diaryl/α,β-unsaturated/α-hetero) is 1. The van der Waals surface area contributed by atoms with Gasteiger partial charge < -0.3 is 0 Å². The first-order valence-electron chi connectivity index (χ1n) is 3.63. The van der Waals surface area contributed by atoms with Crippen LogP contribution in [0.15, 0.2) is 22.1 Å². The Morgan fingerprint density at radius 2 is 2.45 bits per heavy atom. The van der Waals surface area contributed by atoms with Gasteiger partial charge in [-0.05, 0) is 6.08 Å². The average Bonchev–Trinajstić information content (AvgIpc) is 2.06. The van der Waals surface area contributed by atoms with Crippen molar-refractivity contribution in [1.82, 2.24) is 0 Å². The predicted octanol–water partition coefficient (Wildman–Crippen LogP) is 0.615. The molecule has 0 spiro atoms. The van der Waals surface area contributed by atoms with Gasteiger partial charge in [-0.3, -0.25) is 9.79 Å². The lowest BCUT2D eigenvalue weighted by Gasteiger charge is -2.18. The molecule has 0 saturated heterocycles. The average molecular weight is 148 g/mol. The summed E-state index contributed by atoms with van der Waals surface area (Å²) in [5.41, 5.74) is 0.872. The van der Waals surface area contributed by atoms with Gasteiger partial charge in [-0.15, -0.1) is 0 Å². The summed E-state index contributed by atoms with van der Waals surface area (Å²) in [7, 11) is 0. The lowest BCUT2D eigenvalue weighted by Crippen LogP contribution is -2.30. The van der Waals surface area contributed by atoms with Gasteiger partial charge in [-0.2, -0.15) is 0 Å². The number of ketones is 1. The number of rotatable bonds is 0. The van der Waals surface area contributed by atoms with Crippen molar-refractivity contribution in [2.45, 2.75) is 6.42 Å². The fourth-order valence-electron chi connectivity index (χ4n) is 1.31. The van der Waals surface area contributed by atoms with E-state index in [0.717, 1.165) is 5.71 Å². The molecule has 0 bridgehead atoms. The molecule has 0 aromatic rings. The maximum Gasteiger partial charge on any atom is 0.147 e. The molecule has 1 heterocycles. The summed E-state index contributed by atoms with van der Waals surface area (Å²) in [4.78, 5) is 19.2. The highest BCUT2D eigenvalue weighted by atomic mass is 16.1. The first-order valence-corrected chi connectivity index (χ1v) is 3.63. The Morgan fingerprint density at radius 3 is 3.27 bits per heavy atom. The number of aliphatic imine (C=N–C) groups is 2. The van der Waals surface area contributed by atoms with Gasteiger partial charge in [-0.25, -0.2) is 4.99 Å². The summed E-state index contributed by atoms with van der Waals surface area (Å²) in [6.07, 6.45) is 5.84. The predicted molar refractivity (Wildman–Crippen MR) is 43.0 cm³/mol. The van der Waals surface area contributed by atoms with Crippen molar-refractivity contribution < 1.29 is 4.79 Å². The third-order valence-corrected chi connectivity index (χ3v) is 1.93. The summed E-state index contributed by atoms with van der Waals surface area (Å²) in [6, 6.07) is 0. The third-order valence-electron chi connectivity index (χ3n) is 1.93. The minimum Gasteiger partial charge on any atom is -0.299 e. The van der Waals surface area contributed by atoms with Gasteiger partial charge in [0.2, 0.25) is 0 Å². The van der Waals surface area contributed by atoms with E-state index in [1.165, 1.54) is 6.34 Å². The van der Waals surface area contributed by atoms with E-state index in [1.54, 1.807) is 0 Å². The minimum absolute atomic E-state index is 0.0509. The second kappa shape index (κ2) is 2.42. The summed E-state index contributed by atoms with van der Waals surface area (Å²) in [5, 5.41) is 0. The number of carbonyl (C=O) groups is 1. The molecule has 56 valence electrons. The molecular formula is C8H8N2O. The van der Waals surface area contributed by atoms with Crippen LogP contribution in [0.25, 0.3) is 0 Å². The molecule has 0 radical (unpaired) electrons. The molecule has 11 heavy (non-hydrogen) atoms. The van der Waals surface area contributed by atoms with Crippen LogP contribution in [-0.2, 0) is 4.79 Å². The molecule has 1 atom stereocenters. The van der Waals surface area contributed by atoms with Crippen LogP contribution < -0.4 is 0 Å². The second-order valence-corrected chi connectivity index (χ2v) is 2.66. The molecule has 1 aliphatic heterocycles. The van der Waals surface area contributed by atoms with Gasteiger partial charge in [-0.1, -0.05) is 6.08 Å². The highest BCUT2D eigenvalue weighted by Gasteiger charge is 2.25. The maximum absolute atomic E-state index is 11.2. The summed E-state index contributed by atoms with van der Waals surface area (Å²) in [6.45, 7) is 0.585. The number of carbonyl (C=O) groups excluding carboxylic acids is 1. The van der Waals surface area contributed by atoms with Crippen LogP contribution in [0.1, 0.15) is 6.42 Å². The van der Waals surface area contributed by atoms with E-state index in [2.05, 4.69) is 9.98 Å². The minimum atomic E-state index is -0.0509. The van der Waals surface area contributed by atoms with Gasteiger partial charge in [0.1, 0.15) is 12.1 Å². The number of fused-ring (bicyclic) bond motifs is 1. The first kappa shape index (κ1) is 6.46. The Bertz CT molecular complexity index is 276. The molecule has 1 unspecified atom stereocenters. The van der Waals surface area contributed by atoms with Crippen LogP contribution in [0.3, 0.4) is 0 Å². The fraction of sp³-hybridized carbons (Fsp3) is 0.375. The molecule has 0 fully saturated rings. The van der Waals surface area contributed by atoms with Crippen LogP contribution >= 0.6 is 0 Å². The van der Waals surface area contributed by atoms with Gasteiger partial charge >= 0.3 is 0 Å². The van der Waals surface area contributed by atoms with Crippen molar-refractivity contribution in [3.8, 4) is 0 Å². The topological polar surface area (TPSA) is 41.8 Å². The van der Waals surface area contributed by atoms with E-state index in [4.69, 9.17) is 0 Å². The van der Waals surface area contributed by atoms with E-state index in [0.29, 0.717) is 13.0 Å². The number of hydrogen-bond donors (Lipinski definition) is 0. The molecular weight excluding hydrogens is 140 g/mol. The van der Waals surface area contributed by atoms with E-state index in [1.807, 2.05) is 12.2 Å². The smallest absolute Gasteiger partial charge is 0.147 e. The molecule has 0 aromatic heterocycles. The lowest BCUT2D eigenvalue weighted by atomic mass is 9.90. The molecule has 0 aromatic carbocycles. The molecule has 1 aliphatic carbocycles. The number of nitrogens with zero attached hydrogens (tertiary/aromatic N) is 2. The van der Waals surface area contributed by atoms with E-state index < -0.39 is 0 Å². The van der Waals surface area contributed by atoms with Gasteiger partial charge in [0, 0.05) is 6.42 Å². The Labute approximate surface area is 64.5 Å². The van der Waals surface area contributed by atoms with Crippen LogP contribution in [0, 0.1) is 5.92 Å². The Hall–Kier alpha value is -1.25. The van der Waals surface area contributed by atoms with Gasteiger partial charge in [0.25, 0.3) is 0 Å². The van der Waals surface area contributed by atoms with E-state index >= 15 is 0 Å². The summed E-state index contributed by atoms with van der Waals surface area (Å²) in [5.74, 6) is 0.188. The molecule has 3 heteroatoms. The van der Waals surface area contributed by atoms with Crippen molar-refractivity contribution in [3.63, 3.8) is 0 Å². The molecule has 0 N–H and O–H groups in total. The molecule has 2 aliphatic rings. The molecule has 0 amide bonds. The lowest BCUT2D eigenvalue weighted by molar-refractivity contribution is -0.120. The van der Waals surface area contributed by atoms with E-state index in [-0.39, 0.29) is 11.7 Å². The van der Waals surface area contributed by atoms with Crippen LogP contribution in [-0.4, -0.2) is 24.4 Å². The van der Waals surface area contributed by atoms with Crippen molar-refractivity contribution in [1.29, 1.82) is 0 Å². The fourth-order valence-corrected chi connectivity index (χ4v) is 1.31. The zero-order chi connectivity index (χ0) is 7.68. The second-order valence-electron chi connectivity index (χ2n) is 2.66. The number of hydrogen-bond acceptors (Lipinski definition) is 3. The standard InChI is InChI=1S/C8H8N2O/c11-8-3-1-2-7-6(8)4-9-5-10-7/h1-2,5-6H,3-4H2. The van der Waals surface area contributed by atoms with Crippen LogP contribution in [0.2, 0.25) is 0 Å². The maximum atomic E-state index is 11.2. The third kappa shape index (κ3) is 1.02. The largest absolute Gasteiger partial charge is 0.299 e. The molecule has 0 saturated carbocycles. The van der Waals surface area contributed by atoms with Crippen LogP contribution in [0.4, 0.5) is 0 Å². The van der Waals surface area contributed by atoms with E-state index in [9.17, 15) is 4.79 Å². The summed E-state index contributed by atoms with van der Waals surface area (Å²) >= 11 is 0. The van der Waals surface area contributed by atoms with Crippen molar-refractivity contribution in [3.05, 3.63) is 12.2 Å². The normalized spacial score (nSPS) is 28.2. The SMILES string of the molecule is O=C1CC=CC2=NC=NCC12. The van der Waals surface area contributed by atoms with Crippen molar-refractivity contribution >= 4 is 17.8 Å². The quantitative estimate of drug-likeness (QED) is 0.496. The highest BCUT2D eigenvalue weighted by Crippen LogP contribution is 2.14. The summed E-state index contributed by atoms with van der Waals surface area (Å²) < 4.78 is 0. The van der Waals surface area contributed by atoms with Gasteiger partial charge in [0.15, 0.2) is 0 Å². The Balaban J connectivity index is 2.36. The zero-order valence-electron chi connectivity index (χ0n) is 6.03. The van der Waals surface area contributed by atoms with Crippen molar-refractivity contribution in [2.75, 3.05) is 6.54 Å². The Morgan fingerprint density at radius 1 is 1.55 bits per heavy atom.